The smallest absolute Gasteiger partial charge is 0.253 e. The summed E-state index contributed by atoms with van der Waals surface area (Å²) in [6.07, 6.45) is 2.53. The highest BCUT2D eigenvalue weighted by molar-refractivity contribution is 6.12. The van der Waals surface area contributed by atoms with Crippen LogP contribution in [0.4, 0.5) is 0 Å². The topological polar surface area (TPSA) is 66.8 Å². The third-order valence-corrected chi connectivity index (χ3v) is 2.99. The Morgan fingerprint density at radius 1 is 1.53 bits per heavy atom. The zero-order chi connectivity index (χ0) is 11.1. The second-order valence-electron chi connectivity index (χ2n) is 3.96. The third-order valence-electron chi connectivity index (χ3n) is 2.99. The summed E-state index contributed by atoms with van der Waals surface area (Å²) in [5, 5.41) is 10.2. The molecule has 0 aromatic heterocycles. The minimum Gasteiger partial charge on any atom is -0.385 e. The van der Waals surface area contributed by atoms with Crippen LogP contribution in [0, 0.1) is 0 Å². The minimum absolute atomic E-state index is 0.0127. The highest BCUT2D eigenvalue weighted by Crippen LogP contribution is 2.27. The van der Waals surface area contributed by atoms with E-state index in [9.17, 15) is 14.7 Å². The zero-order valence-electron chi connectivity index (χ0n) is 8.47. The maximum Gasteiger partial charge on any atom is 0.253 e. The van der Waals surface area contributed by atoms with Gasteiger partial charge in [-0.15, -0.1) is 0 Å². The lowest BCUT2D eigenvalue weighted by molar-refractivity contribution is -0.142. The number of β-amino-alcohol motifs (C(OH)–C–C–N with tert-alkyl or cyclic N) is 1. The number of rotatable bonds is 2. The van der Waals surface area contributed by atoms with Crippen molar-refractivity contribution in [3.8, 4) is 0 Å². The second kappa shape index (κ2) is 3.43. The lowest BCUT2D eigenvalue weighted by Gasteiger charge is -2.29. The molecule has 2 atom stereocenters. The van der Waals surface area contributed by atoms with Crippen molar-refractivity contribution in [2.24, 2.45) is 0 Å². The summed E-state index contributed by atoms with van der Waals surface area (Å²) >= 11 is 0. The predicted octanol–water partition coefficient (Wildman–Crippen LogP) is -0.549. The highest BCUT2D eigenvalue weighted by Gasteiger charge is 2.43. The van der Waals surface area contributed by atoms with Crippen LogP contribution in [-0.2, 0) is 14.3 Å². The van der Waals surface area contributed by atoms with Crippen LogP contribution in [0.2, 0.25) is 0 Å². The molecule has 5 nitrogen and oxygen atoms in total. The number of ether oxygens (including phenoxy) is 1. The van der Waals surface area contributed by atoms with Crippen LogP contribution in [0.1, 0.15) is 13.3 Å². The highest BCUT2D eigenvalue weighted by atomic mass is 16.5. The Morgan fingerprint density at radius 2 is 2.13 bits per heavy atom. The first kappa shape index (κ1) is 10.3. The molecule has 2 heterocycles. The van der Waals surface area contributed by atoms with Crippen LogP contribution < -0.4 is 0 Å². The fourth-order valence-corrected chi connectivity index (χ4v) is 1.84. The van der Waals surface area contributed by atoms with Gasteiger partial charge in [0.15, 0.2) is 0 Å². The SMILES string of the molecule is CC1OCCC1(O)CN1C(=O)C=CC1=O. The molecule has 2 amide bonds. The molecule has 1 N–H and O–H groups in total. The Bertz CT molecular complexity index is 320. The fourth-order valence-electron chi connectivity index (χ4n) is 1.84. The Hall–Kier alpha value is -1.20. The minimum atomic E-state index is -1.10. The van der Waals surface area contributed by atoms with E-state index >= 15 is 0 Å². The summed E-state index contributed by atoms with van der Waals surface area (Å²) in [5.74, 6) is -0.736. The van der Waals surface area contributed by atoms with Crippen molar-refractivity contribution in [1.29, 1.82) is 0 Å². The van der Waals surface area contributed by atoms with Crippen LogP contribution in [0.15, 0.2) is 12.2 Å². The van der Waals surface area contributed by atoms with Gasteiger partial charge in [0.1, 0.15) is 5.60 Å². The Morgan fingerprint density at radius 3 is 2.60 bits per heavy atom. The van der Waals surface area contributed by atoms with Gasteiger partial charge in [-0.25, -0.2) is 0 Å². The Kier molecular flexibility index (Phi) is 2.36. The van der Waals surface area contributed by atoms with E-state index < -0.39 is 5.60 Å². The van der Waals surface area contributed by atoms with E-state index in [0.717, 1.165) is 4.90 Å². The van der Waals surface area contributed by atoms with Crippen molar-refractivity contribution < 1.29 is 19.4 Å². The number of nitrogens with zero attached hydrogens (tertiary/aromatic N) is 1. The van der Waals surface area contributed by atoms with E-state index in [1.54, 1.807) is 6.92 Å². The van der Waals surface area contributed by atoms with E-state index in [1.807, 2.05) is 0 Å². The lowest BCUT2D eigenvalue weighted by Crippen LogP contribution is -2.49. The van der Waals surface area contributed by atoms with Crippen molar-refractivity contribution in [2.75, 3.05) is 13.2 Å². The predicted molar refractivity (Wildman–Crippen MR) is 50.8 cm³/mol. The quantitative estimate of drug-likeness (QED) is 0.622. The fraction of sp³-hybridized carbons (Fsp3) is 0.600. The molecule has 0 bridgehead atoms. The molecule has 1 fully saturated rings. The molecule has 0 radical (unpaired) electrons. The van der Waals surface area contributed by atoms with Gasteiger partial charge in [-0.05, 0) is 6.92 Å². The van der Waals surface area contributed by atoms with Gasteiger partial charge < -0.3 is 9.84 Å². The lowest BCUT2D eigenvalue weighted by atomic mass is 9.96. The first-order valence-electron chi connectivity index (χ1n) is 4.90. The largest absolute Gasteiger partial charge is 0.385 e. The Balaban J connectivity index is 2.08. The van der Waals surface area contributed by atoms with Gasteiger partial charge in [0.2, 0.25) is 0 Å². The van der Waals surface area contributed by atoms with E-state index in [0.29, 0.717) is 13.0 Å². The molecule has 5 heteroatoms. The first-order chi connectivity index (χ1) is 7.03. The molecule has 0 saturated carbocycles. The number of hydrogen-bond donors (Lipinski definition) is 1. The van der Waals surface area contributed by atoms with Crippen LogP contribution in [0.25, 0.3) is 0 Å². The average molecular weight is 211 g/mol. The van der Waals surface area contributed by atoms with Crippen molar-refractivity contribution >= 4 is 11.8 Å². The van der Waals surface area contributed by atoms with Crippen molar-refractivity contribution in [3.05, 3.63) is 12.2 Å². The number of carbonyl (C=O) groups excluding carboxylic acids is 2. The van der Waals surface area contributed by atoms with E-state index in [1.165, 1.54) is 12.2 Å². The molecule has 82 valence electrons. The molecule has 2 aliphatic rings. The Labute approximate surface area is 87.3 Å². The normalized spacial score (nSPS) is 35.6. The van der Waals surface area contributed by atoms with Gasteiger partial charge in [0, 0.05) is 25.2 Å². The summed E-state index contributed by atoms with van der Waals surface area (Å²) < 4.78 is 5.23. The second-order valence-corrected chi connectivity index (χ2v) is 3.96. The monoisotopic (exact) mass is 211 g/mol. The molecule has 2 aliphatic heterocycles. The summed E-state index contributed by atoms with van der Waals surface area (Å²) in [5.41, 5.74) is -1.10. The molecule has 1 saturated heterocycles. The van der Waals surface area contributed by atoms with Gasteiger partial charge in [-0.1, -0.05) is 0 Å². The summed E-state index contributed by atoms with van der Waals surface area (Å²) in [6, 6.07) is 0. The molecule has 0 aromatic carbocycles. The molecular weight excluding hydrogens is 198 g/mol. The standard InChI is InChI=1S/C10H13NO4/c1-7-10(14,4-5-15-7)6-11-8(12)2-3-9(11)13/h2-3,7,14H,4-6H2,1H3. The molecule has 0 aromatic rings. The van der Waals surface area contributed by atoms with Gasteiger partial charge >= 0.3 is 0 Å². The summed E-state index contributed by atoms with van der Waals surface area (Å²) in [4.78, 5) is 23.6. The van der Waals surface area contributed by atoms with Crippen LogP contribution in [0.5, 0.6) is 0 Å². The maximum atomic E-state index is 11.3. The van der Waals surface area contributed by atoms with Crippen LogP contribution >= 0.6 is 0 Å². The van der Waals surface area contributed by atoms with Crippen molar-refractivity contribution in [1.82, 2.24) is 4.90 Å². The van der Waals surface area contributed by atoms with Crippen LogP contribution in [0.3, 0.4) is 0 Å². The number of carbonyl (C=O) groups is 2. The number of hydrogen-bond acceptors (Lipinski definition) is 4. The van der Waals surface area contributed by atoms with Crippen molar-refractivity contribution in [2.45, 2.75) is 25.0 Å². The molecule has 2 rings (SSSR count). The van der Waals surface area contributed by atoms with Gasteiger partial charge in [-0.3, -0.25) is 14.5 Å². The zero-order valence-corrected chi connectivity index (χ0v) is 8.47. The number of imide groups is 1. The first-order valence-corrected chi connectivity index (χ1v) is 4.90. The van der Waals surface area contributed by atoms with E-state index in [-0.39, 0.29) is 24.5 Å². The van der Waals surface area contributed by atoms with Crippen molar-refractivity contribution in [3.63, 3.8) is 0 Å². The average Bonchev–Trinajstić information content (AvgIpc) is 2.65. The number of aliphatic hydroxyl groups is 1. The van der Waals surface area contributed by atoms with Gasteiger partial charge in [0.25, 0.3) is 11.8 Å². The molecule has 0 spiro atoms. The van der Waals surface area contributed by atoms with Gasteiger partial charge in [-0.2, -0.15) is 0 Å². The molecular formula is C10H13NO4. The summed E-state index contributed by atoms with van der Waals surface area (Å²) in [7, 11) is 0. The molecule has 0 aliphatic carbocycles. The number of amides is 2. The summed E-state index contributed by atoms with van der Waals surface area (Å²) in [6.45, 7) is 2.21. The van der Waals surface area contributed by atoms with E-state index in [2.05, 4.69) is 0 Å². The van der Waals surface area contributed by atoms with Crippen LogP contribution in [-0.4, -0.2) is 46.7 Å². The molecule has 2 unspecified atom stereocenters. The maximum absolute atomic E-state index is 11.3. The third kappa shape index (κ3) is 1.68. The molecule has 15 heavy (non-hydrogen) atoms. The van der Waals surface area contributed by atoms with Gasteiger partial charge in [0.05, 0.1) is 12.6 Å². The van der Waals surface area contributed by atoms with E-state index in [4.69, 9.17) is 4.74 Å².